The average Bonchev–Trinajstić information content (AvgIpc) is 3.20. The highest BCUT2D eigenvalue weighted by Crippen LogP contribution is 2.26. The Labute approximate surface area is 118 Å². The van der Waals surface area contributed by atoms with E-state index in [0.717, 1.165) is 12.8 Å². The summed E-state index contributed by atoms with van der Waals surface area (Å²) in [7, 11) is 0. The standard InChI is InChI=1S/C13H14F3N3O2/c1-7-2-3-8(11(20)18-9-4-5-9)6-10(7)19(17)12(21)13(14,15)16/h2-3,6,9H,4-5,17H2,1H3,(H,18,20). The van der Waals surface area contributed by atoms with Gasteiger partial charge in [-0.1, -0.05) is 6.07 Å². The van der Waals surface area contributed by atoms with Crippen molar-refractivity contribution in [2.24, 2.45) is 5.84 Å². The van der Waals surface area contributed by atoms with E-state index in [1.807, 2.05) is 0 Å². The lowest BCUT2D eigenvalue weighted by Crippen LogP contribution is -2.46. The Bertz CT molecular complexity index is 583. The van der Waals surface area contributed by atoms with Crippen molar-refractivity contribution in [3.8, 4) is 0 Å². The number of hydrazine groups is 1. The second-order valence-electron chi connectivity index (χ2n) is 4.92. The first-order chi connectivity index (χ1) is 9.70. The first-order valence-electron chi connectivity index (χ1n) is 6.27. The van der Waals surface area contributed by atoms with Gasteiger partial charge in [-0.05, 0) is 37.5 Å². The summed E-state index contributed by atoms with van der Waals surface area (Å²) in [5.74, 6) is 2.65. The van der Waals surface area contributed by atoms with Crippen molar-refractivity contribution in [2.45, 2.75) is 32.0 Å². The average molecular weight is 301 g/mol. The number of carbonyl (C=O) groups is 2. The first kappa shape index (κ1) is 15.3. The number of rotatable bonds is 3. The van der Waals surface area contributed by atoms with Crippen LogP contribution in [0.4, 0.5) is 18.9 Å². The van der Waals surface area contributed by atoms with Crippen LogP contribution in [0.1, 0.15) is 28.8 Å². The van der Waals surface area contributed by atoms with Crippen LogP contribution in [0, 0.1) is 6.92 Å². The third-order valence-corrected chi connectivity index (χ3v) is 3.10. The molecule has 114 valence electrons. The zero-order valence-corrected chi connectivity index (χ0v) is 11.2. The third-order valence-electron chi connectivity index (χ3n) is 3.10. The predicted octanol–water partition coefficient (Wildman–Crippen LogP) is 1.66. The molecule has 0 heterocycles. The summed E-state index contributed by atoms with van der Waals surface area (Å²) in [4.78, 5) is 23.0. The van der Waals surface area contributed by atoms with E-state index in [2.05, 4.69) is 5.32 Å². The Morgan fingerprint density at radius 1 is 1.33 bits per heavy atom. The summed E-state index contributed by atoms with van der Waals surface area (Å²) in [6.45, 7) is 1.50. The number of amides is 2. The van der Waals surface area contributed by atoms with Gasteiger partial charge in [-0.2, -0.15) is 13.2 Å². The van der Waals surface area contributed by atoms with Gasteiger partial charge in [0.05, 0.1) is 5.69 Å². The topological polar surface area (TPSA) is 75.4 Å². The van der Waals surface area contributed by atoms with Gasteiger partial charge in [-0.25, -0.2) is 10.9 Å². The molecule has 0 radical (unpaired) electrons. The van der Waals surface area contributed by atoms with Gasteiger partial charge in [-0.3, -0.25) is 9.59 Å². The maximum Gasteiger partial charge on any atom is 0.473 e. The third kappa shape index (κ3) is 3.52. The number of halogens is 3. The maximum atomic E-state index is 12.4. The van der Waals surface area contributed by atoms with Crippen LogP contribution in [0.2, 0.25) is 0 Å². The monoisotopic (exact) mass is 301 g/mol. The van der Waals surface area contributed by atoms with Gasteiger partial charge < -0.3 is 5.32 Å². The number of aryl methyl sites for hydroxylation is 1. The van der Waals surface area contributed by atoms with Gasteiger partial charge in [0.15, 0.2) is 0 Å². The number of carbonyl (C=O) groups excluding carboxylic acids is 2. The summed E-state index contributed by atoms with van der Waals surface area (Å²) in [6, 6.07) is 4.22. The second-order valence-corrected chi connectivity index (χ2v) is 4.92. The van der Waals surface area contributed by atoms with Crippen LogP contribution < -0.4 is 16.2 Å². The van der Waals surface area contributed by atoms with Gasteiger partial charge >= 0.3 is 12.1 Å². The molecule has 0 aliphatic heterocycles. The minimum atomic E-state index is -5.08. The molecule has 0 saturated heterocycles. The number of nitrogens with two attached hydrogens (primary N) is 1. The van der Waals surface area contributed by atoms with E-state index in [0.29, 0.717) is 5.56 Å². The molecule has 2 amide bonds. The van der Waals surface area contributed by atoms with Crippen LogP contribution >= 0.6 is 0 Å². The van der Waals surface area contributed by atoms with Gasteiger partial charge in [0.1, 0.15) is 0 Å². The second kappa shape index (κ2) is 5.36. The lowest BCUT2D eigenvalue weighted by Gasteiger charge is -2.20. The number of anilines is 1. The molecule has 1 aromatic rings. The van der Waals surface area contributed by atoms with E-state index in [1.165, 1.54) is 25.1 Å². The van der Waals surface area contributed by atoms with Crippen LogP contribution in [0.5, 0.6) is 0 Å². The molecule has 0 spiro atoms. The maximum absolute atomic E-state index is 12.4. The molecule has 3 N–H and O–H groups in total. The fraction of sp³-hybridized carbons (Fsp3) is 0.385. The fourth-order valence-electron chi connectivity index (χ4n) is 1.75. The van der Waals surface area contributed by atoms with Crippen LogP contribution in [0.3, 0.4) is 0 Å². The van der Waals surface area contributed by atoms with Crippen LogP contribution in [-0.4, -0.2) is 24.0 Å². The van der Waals surface area contributed by atoms with E-state index < -0.39 is 18.0 Å². The molecule has 0 unspecified atom stereocenters. The highest BCUT2D eigenvalue weighted by molar-refractivity contribution is 6.00. The van der Waals surface area contributed by atoms with Crippen LogP contribution in [0.25, 0.3) is 0 Å². The van der Waals surface area contributed by atoms with Crippen molar-refractivity contribution in [1.82, 2.24) is 5.32 Å². The molecule has 1 fully saturated rings. The SMILES string of the molecule is Cc1ccc(C(=O)NC2CC2)cc1N(N)C(=O)C(F)(F)F. The molecule has 1 saturated carbocycles. The van der Waals surface area contributed by atoms with Gasteiger partial charge in [0.2, 0.25) is 0 Å². The zero-order chi connectivity index (χ0) is 15.8. The molecule has 0 bridgehead atoms. The molecule has 1 aliphatic rings. The number of nitrogens with zero attached hydrogens (tertiary/aromatic N) is 1. The molecule has 1 aromatic carbocycles. The van der Waals surface area contributed by atoms with Crippen molar-refractivity contribution < 1.29 is 22.8 Å². The van der Waals surface area contributed by atoms with Gasteiger partial charge in [0, 0.05) is 11.6 Å². The Balaban J connectivity index is 2.26. The minimum absolute atomic E-state index is 0.0171. The molecule has 8 heteroatoms. The molecular weight excluding hydrogens is 287 g/mol. The van der Waals surface area contributed by atoms with Crippen molar-refractivity contribution in [3.63, 3.8) is 0 Å². The van der Waals surface area contributed by atoms with E-state index >= 15 is 0 Å². The van der Waals surface area contributed by atoms with E-state index in [4.69, 9.17) is 5.84 Å². The largest absolute Gasteiger partial charge is 0.473 e. The summed E-state index contributed by atoms with van der Waals surface area (Å²) in [5.41, 5.74) is 0.367. The lowest BCUT2D eigenvalue weighted by atomic mass is 10.1. The van der Waals surface area contributed by atoms with Gasteiger partial charge in [-0.15, -0.1) is 0 Å². The zero-order valence-electron chi connectivity index (χ0n) is 11.2. The Morgan fingerprint density at radius 2 is 1.95 bits per heavy atom. The van der Waals surface area contributed by atoms with Crippen molar-refractivity contribution in [2.75, 3.05) is 5.01 Å². The molecule has 2 rings (SSSR count). The molecular formula is C13H14F3N3O2. The molecule has 0 atom stereocenters. The van der Waals surface area contributed by atoms with Crippen molar-refractivity contribution in [3.05, 3.63) is 29.3 Å². The highest BCUT2D eigenvalue weighted by Gasteiger charge is 2.42. The molecule has 5 nitrogen and oxygen atoms in total. The van der Waals surface area contributed by atoms with E-state index in [1.54, 1.807) is 0 Å². The normalized spacial score (nSPS) is 14.7. The molecule has 1 aliphatic carbocycles. The number of alkyl halides is 3. The van der Waals surface area contributed by atoms with Crippen molar-refractivity contribution in [1.29, 1.82) is 0 Å². The summed E-state index contributed by atoms with van der Waals surface area (Å²) >= 11 is 0. The Kier molecular flexibility index (Phi) is 3.91. The number of benzene rings is 1. The predicted molar refractivity (Wildman–Crippen MR) is 69.4 cm³/mol. The van der Waals surface area contributed by atoms with E-state index in [-0.39, 0.29) is 22.3 Å². The summed E-state index contributed by atoms with van der Waals surface area (Å²) in [5, 5.41) is 2.73. The number of nitrogens with one attached hydrogen (secondary N) is 1. The van der Waals surface area contributed by atoms with Crippen LogP contribution in [0.15, 0.2) is 18.2 Å². The Morgan fingerprint density at radius 3 is 2.48 bits per heavy atom. The van der Waals surface area contributed by atoms with Gasteiger partial charge in [0.25, 0.3) is 5.91 Å². The first-order valence-corrected chi connectivity index (χ1v) is 6.27. The summed E-state index contributed by atoms with van der Waals surface area (Å²) < 4.78 is 37.2. The Hall–Kier alpha value is -2.09. The fourth-order valence-corrected chi connectivity index (χ4v) is 1.75. The number of hydrogen-bond acceptors (Lipinski definition) is 3. The lowest BCUT2D eigenvalue weighted by molar-refractivity contribution is -0.170. The highest BCUT2D eigenvalue weighted by atomic mass is 19.4. The molecule has 21 heavy (non-hydrogen) atoms. The number of hydrogen-bond donors (Lipinski definition) is 2. The van der Waals surface area contributed by atoms with E-state index in [9.17, 15) is 22.8 Å². The quantitative estimate of drug-likeness (QED) is 0.506. The van der Waals surface area contributed by atoms with Crippen molar-refractivity contribution >= 4 is 17.5 Å². The molecule has 0 aromatic heterocycles. The summed E-state index contributed by atoms with van der Waals surface area (Å²) in [6.07, 6.45) is -3.30. The smallest absolute Gasteiger partial charge is 0.349 e. The minimum Gasteiger partial charge on any atom is -0.349 e. The van der Waals surface area contributed by atoms with Crippen LogP contribution in [-0.2, 0) is 4.79 Å².